The van der Waals surface area contributed by atoms with Gasteiger partial charge >= 0.3 is 0 Å². The molecule has 1 aromatic rings. The maximum atomic E-state index is 13.5. The highest BCUT2D eigenvalue weighted by Crippen LogP contribution is 2.39. The van der Waals surface area contributed by atoms with Crippen LogP contribution in [0.5, 0.6) is 0 Å². The molecule has 2 saturated heterocycles. The van der Waals surface area contributed by atoms with Crippen LogP contribution in [-0.2, 0) is 16.1 Å². The van der Waals surface area contributed by atoms with Crippen LogP contribution >= 0.6 is 0 Å². The van der Waals surface area contributed by atoms with Crippen molar-refractivity contribution in [2.75, 3.05) is 26.2 Å². The van der Waals surface area contributed by atoms with Gasteiger partial charge in [0, 0.05) is 57.1 Å². The van der Waals surface area contributed by atoms with E-state index in [9.17, 15) is 9.59 Å². The summed E-state index contributed by atoms with van der Waals surface area (Å²) in [5.74, 6) is -0.296. The molecule has 2 aliphatic heterocycles. The van der Waals surface area contributed by atoms with Gasteiger partial charge in [-0.25, -0.2) is 0 Å². The predicted octanol–water partition coefficient (Wildman–Crippen LogP) is 2.17. The van der Waals surface area contributed by atoms with Crippen molar-refractivity contribution in [3.63, 3.8) is 0 Å². The number of carbonyl (C=O) groups is 2. The molecule has 0 aromatic heterocycles. The SMILES string of the molecule is C=CCC1[C@@H]2CN(Cc3ccccc3)CCN2CC1(NC(C)=O)C(=O)NC(C)(C)C. The normalized spacial score (nSPS) is 27.3. The topological polar surface area (TPSA) is 64.7 Å². The van der Waals surface area contributed by atoms with Crippen LogP contribution in [0.25, 0.3) is 0 Å². The second-order valence-electron chi connectivity index (χ2n) is 9.75. The number of amides is 2. The molecule has 2 fully saturated rings. The van der Waals surface area contributed by atoms with Crippen molar-refractivity contribution in [3.05, 3.63) is 48.6 Å². The Morgan fingerprint density at radius 1 is 1.23 bits per heavy atom. The lowest BCUT2D eigenvalue weighted by Gasteiger charge is -2.40. The molecule has 2 heterocycles. The number of rotatable bonds is 6. The van der Waals surface area contributed by atoms with Gasteiger partial charge in [0.2, 0.25) is 11.8 Å². The average molecular weight is 413 g/mol. The number of nitrogens with zero attached hydrogens (tertiary/aromatic N) is 2. The number of benzene rings is 1. The van der Waals surface area contributed by atoms with E-state index in [2.05, 4.69) is 51.3 Å². The van der Waals surface area contributed by atoms with Crippen LogP contribution in [0.2, 0.25) is 0 Å². The Morgan fingerprint density at radius 3 is 2.53 bits per heavy atom. The summed E-state index contributed by atoms with van der Waals surface area (Å²) in [5.41, 5.74) is -0.0208. The summed E-state index contributed by atoms with van der Waals surface area (Å²) in [7, 11) is 0. The molecule has 6 nitrogen and oxygen atoms in total. The average Bonchev–Trinajstić information content (AvgIpc) is 2.95. The Hall–Kier alpha value is -2.18. The highest BCUT2D eigenvalue weighted by atomic mass is 16.2. The summed E-state index contributed by atoms with van der Waals surface area (Å²) < 4.78 is 0. The lowest BCUT2D eigenvalue weighted by atomic mass is 9.79. The van der Waals surface area contributed by atoms with E-state index in [1.54, 1.807) is 0 Å². The highest BCUT2D eigenvalue weighted by Gasteiger charge is 2.58. The highest BCUT2D eigenvalue weighted by molar-refractivity contribution is 5.92. The van der Waals surface area contributed by atoms with Crippen molar-refractivity contribution in [2.24, 2.45) is 5.92 Å². The largest absolute Gasteiger partial charge is 0.349 e. The van der Waals surface area contributed by atoms with E-state index in [-0.39, 0.29) is 29.3 Å². The zero-order chi connectivity index (χ0) is 21.9. The van der Waals surface area contributed by atoms with E-state index in [4.69, 9.17) is 0 Å². The van der Waals surface area contributed by atoms with E-state index in [0.29, 0.717) is 13.0 Å². The van der Waals surface area contributed by atoms with Crippen LogP contribution in [0.3, 0.4) is 0 Å². The van der Waals surface area contributed by atoms with Gasteiger partial charge in [-0.2, -0.15) is 0 Å². The summed E-state index contributed by atoms with van der Waals surface area (Å²) in [6.45, 7) is 15.5. The predicted molar refractivity (Wildman–Crippen MR) is 120 cm³/mol. The van der Waals surface area contributed by atoms with Gasteiger partial charge in [0.15, 0.2) is 0 Å². The Morgan fingerprint density at radius 2 is 1.93 bits per heavy atom. The third-order valence-electron chi connectivity index (χ3n) is 6.13. The molecule has 1 aromatic carbocycles. The second kappa shape index (κ2) is 8.90. The lowest BCUT2D eigenvalue weighted by Crippen LogP contribution is -2.66. The molecule has 164 valence electrons. The number of allylic oxidation sites excluding steroid dienone is 1. The van der Waals surface area contributed by atoms with Gasteiger partial charge in [0.05, 0.1) is 0 Å². The van der Waals surface area contributed by atoms with Gasteiger partial charge in [-0.1, -0.05) is 36.4 Å². The maximum absolute atomic E-state index is 13.5. The van der Waals surface area contributed by atoms with Crippen molar-refractivity contribution in [1.29, 1.82) is 0 Å². The molecule has 2 unspecified atom stereocenters. The molecule has 3 rings (SSSR count). The maximum Gasteiger partial charge on any atom is 0.247 e. The van der Waals surface area contributed by atoms with Crippen LogP contribution in [-0.4, -0.2) is 64.9 Å². The quantitative estimate of drug-likeness (QED) is 0.703. The minimum Gasteiger partial charge on any atom is -0.349 e. The molecular formula is C24H36N4O2. The first-order valence-electron chi connectivity index (χ1n) is 10.9. The van der Waals surface area contributed by atoms with Crippen molar-refractivity contribution in [1.82, 2.24) is 20.4 Å². The van der Waals surface area contributed by atoms with Gasteiger partial charge in [0.1, 0.15) is 5.54 Å². The molecule has 2 N–H and O–H groups in total. The standard InChI is InChI=1S/C24H36N4O2/c1-6-10-20-21-16-27(15-19-11-8-7-9-12-19)13-14-28(21)17-24(20,25-18(2)29)22(30)26-23(3,4)5/h6-9,11-12,20-21H,1,10,13-17H2,2-5H3,(H,25,29)(H,26,30)/t20?,21-,24?/m0/s1. The number of fused-ring (bicyclic) bond motifs is 1. The van der Waals surface area contributed by atoms with Crippen molar-refractivity contribution in [2.45, 2.75) is 57.8 Å². The van der Waals surface area contributed by atoms with Gasteiger partial charge in [-0.15, -0.1) is 6.58 Å². The van der Waals surface area contributed by atoms with Crippen LogP contribution < -0.4 is 10.6 Å². The first kappa shape index (κ1) is 22.5. The molecule has 0 radical (unpaired) electrons. The molecule has 6 heteroatoms. The summed E-state index contributed by atoms with van der Waals surface area (Å²) in [5, 5.41) is 6.20. The minimum absolute atomic E-state index is 0.0279. The zero-order valence-corrected chi connectivity index (χ0v) is 18.8. The van der Waals surface area contributed by atoms with Crippen molar-refractivity contribution >= 4 is 11.8 Å². The van der Waals surface area contributed by atoms with Crippen LogP contribution in [0.15, 0.2) is 43.0 Å². The van der Waals surface area contributed by atoms with Gasteiger partial charge in [0.25, 0.3) is 0 Å². The fourth-order valence-electron chi connectivity index (χ4n) is 4.97. The van der Waals surface area contributed by atoms with Crippen molar-refractivity contribution < 1.29 is 9.59 Å². The molecule has 0 bridgehead atoms. The number of hydrogen-bond donors (Lipinski definition) is 2. The number of nitrogens with one attached hydrogen (secondary N) is 2. The molecule has 0 saturated carbocycles. The monoisotopic (exact) mass is 412 g/mol. The van der Waals surface area contributed by atoms with Crippen LogP contribution in [0, 0.1) is 5.92 Å². The van der Waals surface area contributed by atoms with E-state index < -0.39 is 5.54 Å². The van der Waals surface area contributed by atoms with Crippen LogP contribution in [0.4, 0.5) is 0 Å². The molecule has 3 atom stereocenters. The van der Waals surface area contributed by atoms with E-state index >= 15 is 0 Å². The molecule has 0 spiro atoms. The molecule has 30 heavy (non-hydrogen) atoms. The van der Waals surface area contributed by atoms with E-state index in [1.165, 1.54) is 12.5 Å². The minimum atomic E-state index is -0.944. The second-order valence-corrected chi connectivity index (χ2v) is 9.75. The van der Waals surface area contributed by atoms with Gasteiger partial charge in [-0.05, 0) is 32.8 Å². The number of carbonyl (C=O) groups excluding carboxylic acids is 2. The Labute approximate surface area is 180 Å². The van der Waals surface area contributed by atoms with Gasteiger partial charge < -0.3 is 10.6 Å². The third kappa shape index (κ3) is 4.93. The first-order valence-corrected chi connectivity index (χ1v) is 10.9. The molecule has 0 aliphatic carbocycles. The summed E-state index contributed by atoms with van der Waals surface area (Å²) in [6.07, 6.45) is 2.56. The number of piperazine rings is 1. The summed E-state index contributed by atoms with van der Waals surface area (Å²) >= 11 is 0. The molecule has 2 amide bonds. The fourth-order valence-corrected chi connectivity index (χ4v) is 4.97. The zero-order valence-electron chi connectivity index (χ0n) is 18.8. The summed E-state index contributed by atoms with van der Waals surface area (Å²) in [6, 6.07) is 10.7. The fraction of sp³-hybridized carbons (Fsp3) is 0.583. The van der Waals surface area contributed by atoms with Gasteiger partial charge in [-0.3, -0.25) is 19.4 Å². The Kier molecular flexibility index (Phi) is 6.68. The third-order valence-corrected chi connectivity index (χ3v) is 6.13. The van der Waals surface area contributed by atoms with Crippen LogP contribution in [0.1, 0.15) is 39.7 Å². The van der Waals surface area contributed by atoms with Crippen molar-refractivity contribution in [3.8, 4) is 0 Å². The van der Waals surface area contributed by atoms with E-state index in [0.717, 1.165) is 26.2 Å². The van der Waals surface area contributed by atoms with E-state index in [1.807, 2.05) is 32.9 Å². The summed E-state index contributed by atoms with van der Waals surface area (Å²) in [4.78, 5) is 30.5. The first-order chi connectivity index (χ1) is 14.1. The number of hydrogen-bond acceptors (Lipinski definition) is 4. The Bertz CT molecular complexity index is 773. The molecule has 2 aliphatic rings. The molecular weight excluding hydrogens is 376 g/mol. The smallest absolute Gasteiger partial charge is 0.247 e. The lowest BCUT2D eigenvalue weighted by molar-refractivity contribution is -0.135. The Balaban J connectivity index is 1.87.